The predicted octanol–water partition coefficient (Wildman–Crippen LogP) is 3.51. The topological polar surface area (TPSA) is 44.9 Å². The molecule has 1 fully saturated rings. The van der Waals surface area contributed by atoms with Crippen LogP contribution in [0.15, 0.2) is 22.8 Å². The van der Waals surface area contributed by atoms with Crippen molar-refractivity contribution in [3.05, 3.63) is 33.9 Å². The summed E-state index contributed by atoms with van der Waals surface area (Å²) < 4.78 is 1.10. The second-order valence-corrected chi connectivity index (χ2v) is 7.57. The fourth-order valence-electron chi connectivity index (χ4n) is 3.93. The van der Waals surface area contributed by atoms with Gasteiger partial charge >= 0.3 is 0 Å². The predicted molar refractivity (Wildman–Crippen MR) is 91.1 cm³/mol. The van der Waals surface area contributed by atoms with E-state index in [4.69, 9.17) is 0 Å². The number of halogens is 2. The molecule has 0 bridgehead atoms. The molecule has 2 aromatic rings. The summed E-state index contributed by atoms with van der Waals surface area (Å²) in [7, 11) is 0. The zero-order valence-electron chi connectivity index (χ0n) is 11.5. The van der Waals surface area contributed by atoms with E-state index in [1.165, 1.54) is 22.0 Å². The number of hydrogen-bond donors (Lipinski definition) is 2. The Morgan fingerprint density at radius 2 is 2.24 bits per heavy atom. The minimum atomic E-state index is 0.125. The van der Waals surface area contributed by atoms with Gasteiger partial charge in [-0.05, 0) is 36.1 Å². The fourth-order valence-corrected chi connectivity index (χ4v) is 4.86. The SMILES string of the molecule is O=C(CBr)C1CN[C@@H]2Cc3c[nH]c4cc(Br)cc(c34)[C@H]2C1. The molecule has 0 spiro atoms. The maximum absolute atomic E-state index is 12.0. The number of hydrogen-bond acceptors (Lipinski definition) is 2. The molecule has 5 heteroatoms. The molecular weight excluding hydrogens is 396 g/mol. The van der Waals surface area contributed by atoms with Crippen LogP contribution in [0.4, 0.5) is 0 Å². The smallest absolute Gasteiger partial charge is 0.147 e. The molecule has 3 atom stereocenters. The summed E-state index contributed by atoms with van der Waals surface area (Å²) in [6.45, 7) is 0.808. The molecule has 2 N–H and O–H groups in total. The van der Waals surface area contributed by atoms with Crippen molar-refractivity contribution in [2.24, 2.45) is 5.92 Å². The molecule has 0 saturated carbocycles. The first-order chi connectivity index (χ1) is 10.2. The number of carbonyl (C=O) groups is 1. The largest absolute Gasteiger partial charge is 0.361 e. The van der Waals surface area contributed by atoms with E-state index < -0.39 is 0 Å². The van der Waals surface area contributed by atoms with Crippen LogP contribution in [0.3, 0.4) is 0 Å². The standard InChI is InChI=1S/C16H16Br2N2O/c17-5-15(21)8-1-11-12-3-10(18)4-14-16(12)9(7-20-14)2-13(11)19-6-8/h3-4,7-8,11,13,19-20H,1-2,5-6H2/t8?,11-,13-/m1/s1. The monoisotopic (exact) mass is 410 g/mol. The van der Waals surface area contributed by atoms with E-state index in [2.05, 4.69) is 60.5 Å². The Morgan fingerprint density at radius 3 is 3.05 bits per heavy atom. The number of fused-ring (bicyclic) bond motifs is 2. The Balaban J connectivity index is 1.79. The zero-order valence-corrected chi connectivity index (χ0v) is 14.6. The fraction of sp³-hybridized carbons (Fsp3) is 0.438. The van der Waals surface area contributed by atoms with Crippen molar-refractivity contribution in [1.82, 2.24) is 10.3 Å². The molecule has 1 aromatic heterocycles. The van der Waals surface area contributed by atoms with Gasteiger partial charge in [-0.15, -0.1) is 0 Å². The van der Waals surface area contributed by atoms with Crippen molar-refractivity contribution in [3.63, 3.8) is 0 Å². The minimum absolute atomic E-state index is 0.125. The van der Waals surface area contributed by atoms with Crippen LogP contribution in [0.1, 0.15) is 23.5 Å². The van der Waals surface area contributed by atoms with Crippen molar-refractivity contribution in [2.45, 2.75) is 24.8 Å². The minimum Gasteiger partial charge on any atom is -0.361 e. The first-order valence-electron chi connectivity index (χ1n) is 7.29. The van der Waals surface area contributed by atoms with E-state index in [-0.39, 0.29) is 5.92 Å². The highest BCUT2D eigenvalue weighted by Gasteiger charge is 2.38. The quantitative estimate of drug-likeness (QED) is 0.742. The van der Waals surface area contributed by atoms with Crippen LogP contribution >= 0.6 is 31.9 Å². The molecule has 2 heterocycles. The number of aromatic nitrogens is 1. The van der Waals surface area contributed by atoms with Gasteiger partial charge in [-0.25, -0.2) is 0 Å². The van der Waals surface area contributed by atoms with Crippen LogP contribution in [0.5, 0.6) is 0 Å². The van der Waals surface area contributed by atoms with E-state index in [0.29, 0.717) is 23.1 Å². The van der Waals surface area contributed by atoms with Gasteiger partial charge in [0.2, 0.25) is 0 Å². The van der Waals surface area contributed by atoms with Gasteiger partial charge in [-0.1, -0.05) is 31.9 Å². The molecule has 1 saturated heterocycles. The van der Waals surface area contributed by atoms with E-state index in [1.54, 1.807) is 0 Å². The lowest BCUT2D eigenvalue weighted by molar-refractivity contribution is -0.121. The number of nitrogens with one attached hydrogen (secondary N) is 2. The Kier molecular flexibility index (Phi) is 3.47. The molecule has 1 aliphatic heterocycles. The summed E-state index contributed by atoms with van der Waals surface area (Å²) in [4.78, 5) is 15.4. The van der Waals surface area contributed by atoms with Crippen LogP contribution in [0, 0.1) is 5.92 Å². The lowest BCUT2D eigenvalue weighted by Gasteiger charge is -2.40. The average molecular weight is 412 g/mol. The van der Waals surface area contributed by atoms with Crippen molar-refractivity contribution >= 4 is 48.5 Å². The lowest BCUT2D eigenvalue weighted by Crippen LogP contribution is -2.48. The van der Waals surface area contributed by atoms with Gasteiger partial charge in [0.25, 0.3) is 0 Å². The van der Waals surface area contributed by atoms with Crippen LogP contribution in [0.25, 0.3) is 10.9 Å². The molecule has 2 aliphatic rings. The summed E-state index contributed by atoms with van der Waals surface area (Å²) in [5.41, 5.74) is 3.97. The molecule has 3 nitrogen and oxygen atoms in total. The van der Waals surface area contributed by atoms with Crippen LogP contribution in [-0.2, 0) is 11.2 Å². The zero-order chi connectivity index (χ0) is 14.6. The van der Waals surface area contributed by atoms with Crippen LogP contribution in [0.2, 0.25) is 0 Å². The Morgan fingerprint density at radius 1 is 1.38 bits per heavy atom. The van der Waals surface area contributed by atoms with Gasteiger partial charge in [0, 0.05) is 46.0 Å². The molecule has 1 aromatic carbocycles. The third-order valence-corrected chi connectivity index (χ3v) is 5.94. The van der Waals surface area contributed by atoms with Crippen molar-refractivity contribution in [1.29, 1.82) is 0 Å². The maximum Gasteiger partial charge on any atom is 0.147 e. The molecule has 110 valence electrons. The Hall–Kier alpha value is -0.650. The number of rotatable bonds is 2. The number of piperidine rings is 1. The number of Topliss-reactive ketones (excluding diaryl/α,β-unsaturated/α-hetero) is 1. The molecule has 1 aliphatic carbocycles. The molecule has 0 radical (unpaired) electrons. The number of aromatic amines is 1. The first-order valence-corrected chi connectivity index (χ1v) is 9.20. The third-order valence-electron chi connectivity index (χ3n) is 4.93. The van der Waals surface area contributed by atoms with Gasteiger partial charge in [0.05, 0.1) is 5.33 Å². The van der Waals surface area contributed by atoms with Gasteiger partial charge in [-0.3, -0.25) is 4.79 Å². The summed E-state index contributed by atoms with van der Waals surface area (Å²) in [5, 5.41) is 5.44. The summed E-state index contributed by atoms with van der Waals surface area (Å²) >= 11 is 6.93. The van der Waals surface area contributed by atoms with E-state index in [0.717, 1.165) is 23.9 Å². The summed E-state index contributed by atoms with van der Waals surface area (Å²) in [5.74, 6) is 0.863. The second-order valence-electron chi connectivity index (χ2n) is 6.09. The number of alkyl halides is 1. The third kappa shape index (κ3) is 2.21. The molecular formula is C16H16Br2N2O. The molecule has 4 rings (SSSR count). The second kappa shape index (κ2) is 5.21. The lowest BCUT2D eigenvalue weighted by atomic mass is 9.72. The summed E-state index contributed by atoms with van der Waals surface area (Å²) in [6.07, 6.45) is 4.14. The van der Waals surface area contributed by atoms with Gasteiger partial charge in [0.1, 0.15) is 5.78 Å². The average Bonchev–Trinajstić information content (AvgIpc) is 2.89. The van der Waals surface area contributed by atoms with Gasteiger partial charge < -0.3 is 10.3 Å². The van der Waals surface area contributed by atoms with Crippen LogP contribution in [-0.4, -0.2) is 28.7 Å². The number of benzene rings is 1. The highest BCUT2D eigenvalue weighted by atomic mass is 79.9. The highest BCUT2D eigenvalue weighted by Crippen LogP contribution is 2.43. The molecule has 21 heavy (non-hydrogen) atoms. The molecule has 0 amide bonds. The Bertz CT molecular complexity index is 724. The number of carbonyl (C=O) groups excluding carboxylic acids is 1. The van der Waals surface area contributed by atoms with E-state index >= 15 is 0 Å². The Labute approximate surface area is 140 Å². The maximum atomic E-state index is 12.0. The van der Waals surface area contributed by atoms with Crippen LogP contribution < -0.4 is 5.32 Å². The van der Waals surface area contributed by atoms with Gasteiger partial charge in [0.15, 0.2) is 0 Å². The number of H-pyrrole nitrogens is 1. The molecule has 1 unspecified atom stereocenters. The highest BCUT2D eigenvalue weighted by molar-refractivity contribution is 9.10. The van der Waals surface area contributed by atoms with Gasteiger partial charge in [-0.2, -0.15) is 0 Å². The normalized spacial score (nSPS) is 27.6. The van der Waals surface area contributed by atoms with Crippen molar-refractivity contribution < 1.29 is 4.79 Å². The van der Waals surface area contributed by atoms with E-state index in [9.17, 15) is 4.79 Å². The van der Waals surface area contributed by atoms with Crippen molar-refractivity contribution in [3.8, 4) is 0 Å². The van der Waals surface area contributed by atoms with Crippen molar-refractivity contribution in [2.75, 3.05) is 11.9 Å². The number of ketones is 1. The van der Waals surface area contributed by atoms with E-state index in [1.807, 2.05) is 0 Å². The summed E-state index contributed by atoms with van der Waals surface area (Å²) in [6, 6.07) is 4.82. The first kappa shape index (κ1) is 14.0.